The van der Waals surface area contributed by atoms with Gasteiger partial charge in [0.25, 0.3) is 0 Å². The molecule has 3 heterocycles. The van der Waals surface area contributed by atoms with Crippen LogP contribution in [0.2, 0.25) is 0 Å². The molecule has 1 fully saturated rings. The molecule has 0 amide bonds. The SMILES string of the molecule is CC1CCn2c(nnc2C2CCCS(=O)(=O)C2)C1. The highest BCUT2D eigenvalue weighted by Crippen LogP contribution is 2.30. The number of sulfone groups is 1. The van der Waals surface area contributed by atoms with E-state index in [0.29, 0.717) is 11.7 Å². The predicted molar refractivity (Wildman–Crippen MR) is 68.1 cm³/mol. The summed E-state index contributed by atoms with van der Waals surface area (Å²) in [6.07, 6.45) is 3.78. The van der Waals surface area contributed by atoms with Crippen LogP contribution in [0.4, 0.5) is 0 Å². The number of hydrogen-bond acceptors (Lipinski definition) is 4. The summed E-state index contributed by atoms with van der Waals surface area (Å²) in [6, 6.07) is 0. The van der Waals surface area contributed by atoms with Gasteiger partial charge in [0.05, 0.1) is 11.5 Å². The highest BCUT2D eigenvalue weighted by molar-refractivity contribution is 7.91. The van der Waals surface area contributed by atoms with Gasteiger partial charge in [0.1, 0.15) is 11.6 Å². The lowest BCUT2D eigenvalue weighted by molar-refractivity contribution is 0.395. The van der Waals surface area contributed by atoms with Crippen LogP contribution in [0, 0.1) is 5.92 Å². The van der Waals surface area contributed by atoms with Gasteiger partial charge < -0.3 is 4.57 Å². The summed E-state index contributed by atoms with van der Waals surface area (Å²) in [4.78, 5) is 0. The van der Waals surface area contributed by atoms with Gasteiger partial charge in [-0.15, -0.1) is 10.2 Å². The van der Waals surface area contributed by atoms with Gasteiger partial charge >= 0.3 is 0 Å². The van der Waals surface area contributed by atoms with Crippen molar-refractivity contribution in [2.75, 3.05) is 11.5 Å². The third kappa shape index (κ3) is 2.18. The Kier molecular flexibility index (Phi) is 2.92. The van der Waals surface area contributed by atoms with Crippen LogP contribution in [0.5, 0.6) is 0 Å². The van der Waals surface area contributed by atoms with Crippen LogP contribution < -0.4 is 0 Å². The minimum Gasteiger partial charge on any atom is -0.315 e. The molecule has 2 atom stereocenters. The van der Waals surface area contributed by atoms with E-state index in [2.05, 4.69) is 21.7 Å². The van der Waals surface area contributed by atoms with E-state index in [1.807, 2.05) is 0 Å². The quantitative estimate of drug-likeness (QED) is 0.767. The first-order valence-corrected chi connectivity index (χ1v) is 8.50. The lowest BCUT2D eigenvalue weighted by atomic mass is 9.99. The number of nitrogens with zero attached hydrogens (tertiary/aromatic N) is 3. The van der Waals surface area contributed by atoms with Gasteiger partial charge in [-0.2, -0.15) is 0 Å². The zero-order valence-electron chi connectivity index (χ0n) is 10.7. The van der Waals surface area contributed by atoms with Crippen LogP contribution in [0.1, 0.15) is 43.8 Å². The summed E-state index contributed by atoms with van der Waals surface area (Å²) in [5.41, 5.74) is 0. The van der Waals surface area contributed by atoms with E-state index in [-0.39, 0.29) is 11.7 Å². The molecule has 0 aliphatic carbocycles. The fraction of sp³-hybridized carbons (Fsp3) is 0.833. The monoisotopic (exact) mass is 269 g/mol. The molecule has 1 saturated heterocycles. The van der Waals surface area contributed by atoms with Gasteiger partial charge in [0, 0.05) is 18.9 Å². The second-order valence-electron chi connectivity index (χ2n) is 5.68. The smallest absolute Gasteiger partial charge is 0.151 e. The van der Waals surface area contributed by atoms with Crippen LogP contribution in [0.15, 0.2) is 0 Å². The molecule has 2 aliphatic rings. The molecular weight excluding hydrogens is 250 g/mol. The van der Waals surface area contributed by atoms with E-state index in [9.17, 15) is 8.42 Å². The zero-order valence-corrected chi connectivity index (χ0v) is 11.5. The first-order chi connectivity index (χ1) is 8.55. The average Bonchev–Trinajstić information content (AvgIpc) is 2.70. The second kappa shape index (κ2) is 4.33. The minimum atomic E-state index is -2.88. The van der Waals surface area contributed by atoms with Gasteiger partial charge in [0.2, 0.25) is 0 Å². The Balaban J connectivity index is 1.89. The van der Waals surface area contributed by atoms with E-state index in [4.69, 9.17) is 0 Å². The van der Waals surface area contributed by atoms with E-state index in [1.165, 1.54) is 0 Å². The highest BCUT2D eigenvalue weighted by atomic mass is 32.2. The molecule has 3 rings (SSSR count). The fourth-order valence-corrected chi connectivity index (χ4v) is 4.74. The largest absolute Gasteiger partial charge is 0.315 e. The van der Waals surface area contributed by atoms with Crippen molar-refractivity contribution in [1.82, 2.24) is 14.8 Å². The van der Waals surface area contributed by atoms with Gasteiger partial charge in [-0.25, -0.2) is 8.42 Å². The molecule has 2 aliphatic heterocycles. The van der Waals surface area contributed by atoms with Crippen LogP contribution in [-0.4, -0.2) is 34.7 Å². The molecule has 6 heteroatoms. The molecule has 100 valence electrons. The van der Waals surface area contributed by atoms with E-state index in [1.54, 1.807) is 0 Å². The normalized spacial score (nSPS) is 30.9. The van der Waals surface area contributed by atoms with Crippen molar-refractivity contribution in [3.8, 4) is 0 Å². The van der Waals surface area contributed by atoms with Crippen LogP contribution in [-0.2, 0) is 22.8 Å². The molecule has 0 saturated carbocycles. The number of hydrogen-bond donors (Lipinski definition) is 0. The maximum Gasteiger partial charge on any atom is 0.151 e. The summed E-state index contributed by atoms with van der Waals surface area (Å²) in [7, 11) is -2.88. The van der Waals surface area contributed by atoms with Gasteiger partial charge in [-0.05, 0) is 25.2 Å². The first kappa shape index (κ1) is 12.1. The molecule has 0 spiro atoms. The van der Waals surface area contributed by atoms with Crippen LogP contribution in [0.25, 0.3) is 0 Å². The highest BCUT2D eigenvalue weighted by Gasteiger charge is 2.31. The lowest BCUT2D eigenvalue weighted by Crippen LogP contribution is -2.27. The number of aromatic nitrogens is 3. The topological polar surface area (TPSA) is 64.8 Å². The van der Waals surface area contributed by atoms with Gasteiger partial charge in [-0.1, -0.05) is 6.92 Å². The summed E-state index contributed by atoms with van der Waals surface area (Å²) in [6.45, 7) is 3.16. The molecule has 0 radical (unpaired) electrons. The summed E-state index contributed by atoms with van der Waals surface area (Å²) in [5.74, 6) is 3.23. The number of rotatable bonds is 1. The summed E-state index contributed by atoms with van der Waals surface area (Å²) < 4.78 is 25.6. The molecule has 0 bridgehead atoms. The lowest BCUT2D eigenvalue weighted by Gasteiger charge is -2.25. The predicted octanol–water partition coefficient (Wildman–Crippen LogP) is 1.15. The molecule has 18 heavy (non-hydrogen) atoms. The third-order valence-electron chi connectivity index (χ3n) is 4.06. The Morgan fingerprint density at radius 2 is 2.11 bits per heavy atom. The van der Waals surface area contributed by atoms with Crippen molar-refractivity contribution >= 4 is 9.84 Å². The van der Waals surface area contributed by atoms with Crippen LogP contribution >= 0.6 is 0 Å². The van der Waals surface area contributed by atoms with E-state index >= 15 is 0 Å². The molecule has 5 nitrogen and oxygen atoms in total. The Hall–Kier alpha value is -0.910. The molecule has 0 N–H and O–H groups in total. The maximum atomic E-state index is 11.7. The van der Waals surface area contributed by atoms with Crippen molar-refractivity contribution in [1.29, 1.82) is 0 Å². The van der Waals surface area contributed by atoms with Crippen molar-refractivity contribution in [2.45, 2.75) is 45.1 Å². The van der Waals surface area contributed by atoms with Crippen LogP contribution in [0.3, 0.4) is 0 Å². The maximum absolute atomic E-state index is 11.7. The molecule has 1 aromatic rings. The standard InChI is InChI=1S/C12H19N3O2S/c1-9-4-5-15-11(7-9)13-14-12(15)10-3-2-6-18(16,17)8-10/h9-10H,2-8H2,1H3. The Morgan fingerprint density at radius 3 is 2.89 bits per heavy atom. The third-order valence-corrected chi connectivity index (χ3v) is 5.88. The van der Waals surface area contributed by atoms with E-state index in [0.717, 1.165) is 43.9 Å². The molecular formula is C12H19N3O2S. The number of fused-ring (bicyclic) bond motifs is 1. The van der Waals surface area contributed by atoms with Crippen molar-refractivity contribution < 1.29 is 8.42 Å². The fourth-order valence-electron chi connectivity index (χ4n) is 3.04. The summed E-state index contributed by atoms with van der Waals surface area (Å²) >= 11 is 0. The molecule has 1 aromatic heterocycles. The van der Waals surface area contributed by atoms with Gasteiger partial charge in [-0.3, -0.25) is 0 Å². The Labute approximate surface area is 108 Å². The van der Waals surface area contributed by atoms with Gasteiger partial charge in [0.15, 0.2) is 9.84 Å². The van der Waals surface area contributed by atoms with Crippen molar-refractivity contribution in [3.63, 3.8) is 0 Å². The molecule has 2 unspecified atom stereocenters. The second-order valence-corrected chi connectivity index (χ2v) is 7.91. The van der Waals surface area contributed by atoms with Crippen molar-refractivity contribution in [2.24, 2.45) is 5.92 Å². The Bertz CT molecular complexity index is 550. The van der Waals surface area contributed by atoms with E-state index < -0.39 is 9.84 Å². The summed E-state index contributed by atoms with van der Waals surface area (Å²) in [5, 5.41) is 8.52. The zero-order chi connectivity index (χ0) is 12.8. The first-order valence-electron chi connectivity index (χ1n) is 6.67. The average molecular weight is 269 g/mol. The molecule has 0 aromatic carbocycles. The van der Waals surface area contributed by atoms with Crippen molar-refractivity contribution in [3.05, 3.63) is 11.6 Å². The minimum absolute atomic E-state index is 0.0541. The Morgan fingerprint density at radius 1 is 1.28 bits per heavy atom.